The molecule has 1 heterocycles. The lowest BCUT2D eigenvalue weighted by molar-refractivity contribution is -0.645. The quantitative estimate of drug-likeness (QED) is 0.0304. The van der Waals surface area contributed by atoms with Crippen LogP contribution in [0.4, 0.5) is 11.4 Å². The lowest BCUT2D eigenvalue weighted by Crippen LogP contribution is -2.36. The van der Waals surface area contributed by atoms with Crippen molar-refractivity contribution >= 4 is 55.3 Å². The summed E-state index contributed by atoms with van der Waals surface area (Å²) in [6, 6.07) is 27.4. The van der Waals surface area contributed by atoms with E-state index < -0.39 is 10.0 Å². The van der Waals surface area contributed by atoms with E-state index in [0.29, 0.717) is 30.2 Å². The third kappa shape index (κ3) is 10.9. The Hall–Kier alpha value is -4.96. The maximum Gasteiger partial charge on any atom is 0.277 e. The summed E-state index contributed by atoms with van der Waals surface area (Å²) in [6.07, 6.45) is 5.50. The molecule has 0 fully saturated rings. The Labute approximate surface area is 341 Å². The van der Waals surface area contributed by atoms with Crippen molar-refractivity contribution in [3.8, 4) is 0 Å². The van der Waals surface area contributed by atoms with E-state index in [2.05, 4.69) is 114 Å². The lowest BCUT2D eigenvalue weighted by atomic mass is 9.89. The lowest BCUT2D eigenvalue weighted by Gasteiger charge is -2.22. The van der Waals surface area contributed by atoms with Crippen molar-refractivity contribution in [2.45, 2.75) is 103 Å². The molecule has 5 rings (SSSR count). The summed E-state index contributed by atoms with van der Waals surface area (Å²) in [5.41, 5.74) is 9.40. The molecule has 1 aromatic heterocycles. The Kier molecular flexibility index (Phi) is 14.4. The molecule has 5 aromatic rings. The second-order valence-electron chi connectivity index (χ2n) is 16.6. The van der Waals surface area contributed by atoms with Crippen molar-refractivity contribution in [3.05, 3.63) is 107 Å². The number of hydrogen-bond acceptors (Lipinski definition) is 6. The van der Waals surface area contributed by atoms with Crippen LogP contribution >= 0.6 is 0 Å². The van der Waals surface area contributed by atoms with E-state index in [1.807, 2.05) is 64.1 Å². The van der Waals surface area contributed by atoms with Crippen LogP contribution in [0.15, 0.2) is 88.9 Å². The van der Waals surface area contributed by atoms with E-state index in [9.17, 15) is 13.2 Å². The van der Waals surface area contributed by atoms with Crippen LogP contribution in [0.1, 0.15) is 113 Å². The Morgan fingerprint density at radius 3 is 1.79 bits per heavy atom. The van der Waals surface area contributed by atoms with Gasteiger partial charge in [0.15, 0.2) is 0 Å². The van der Waals surface area contributed by atoms with Gasteiger partial charge in [-0.05, 0) is 95.2 Å². The van der Waals surface area contributed by atoms with Gasteiger partial charge in [0, 0.05) is 81.9 Å². The minimum absolute atomic E-state index is 0.0377. The molecule has 0 aliphatic heterocycles. The summed E-state index contributed by atoms with van der Waals surface area (Å²) in [7, 11) is 4.40. The Morgan fingerprint density at radius 2 is 1.28 bits per heavy atom. The molecular weight excluding hydrogens is 729 g/mol. The fraction of sp³-hybridized carbons (Fsp3) is 0.426. The number of benzene rings is 4. The van der Waals surface area contributed by atoms with E-state index in [1.165, 1.54) is 39.4 Å². The largest absolute Gasteiger partial charge is 0.377 e. The van der Waals surface area contributed by atoms with Crippen LogP contribution in [0.25, 0.3) is 21.8 Å². The summed E-state index contributed by atoms with van der Waals surface area (Å²) < 4.78 is 29.7. The highest BCUT2D eigenvalue weighted by atomic mass is 32.2. The topological polar surface area (TPSA) is 98.0 Å². The van der Waals surface area contributed by atoms with Crippen LogP contribution < -0.4 is 24.5 Å². The number of amides is 1. The fourth-order valence-corrected chi connectivity index (χ4v) is 8.72. The fourth-order valence-electron chi connectivity index (χ4n) is 7.22. The zero-order chi connectivity index (χ0) is 41.4. The molecule has 9 nitrogen and oxygen atoms in total. The Balaban J connectivity index is 1.11. The summed E-state index contributed by atoms with van der Waals surface area (Å²) in [6.45, 7) is 13.8. The van der Waals surface area contributed by atoms with Crippen molar-refractivity contribution in [2.24, 2.45) is 5.10 Å². The number of carbonyl (C=O) groups is 1. The van der Waals surface area contributed by atoms with Crippen LogP contribution in [0.5, 0.6) is 0 Å². The van der Waals surface area contributed by atoms with Gasteiger partial charge in [-0.3, -0.25) is 4.79 Å². The first-order valence-corrected chi connectivity index (χ1v) is 21.9. The summed E-state index contributed by atoms with van der Waals surface area (Å²) in [4.78, 5) is 19.8. The maximum absolute atomic E-state index is 13.6. The molecule has 57 heavy (non-hydrogen) atoms. The molecule has 0 bridgehead atoms. The monoisotopic (exact) mass is 791 g/mol. The van der Waals surface area contributed by atoms with Crippen molar-refractivity contribution in [1.29, 1.82) is 0 Å². The second kappa shape index (κ2) is 19.0. The molecule has 0 atom stereocenters. The van der Waals surface area contributed by atoms with Crippen LogP contribution in [-0.4, -0.2) is 55.3 Å². The van der Waals surface area contributed by atoms with Crippen LogP contribution in [-0.2, 0) is 27.8 Å². The first-order valence-electron chi connectivity index (χ1n) is 20.4. The first kappa shape index (κ1) is 43.2. The van der Waals surface area contributed by atoms with Gasteiger partial charge in [0.2, 0.25) is 16.9 Å². The van der Waals surface area contributed by atoms with Gasteiger partial charge < -0.3 is 15.1 Å². The zero-order valence-corrected chi connectivity index (χ0v) is 36.5. The van der Waals surface area contributed by atoms with E-state index >= 15 is 0 Å². The average Bonchev–Trinajstić information content (AvgIpc) is 3.16. The highest BCUT2D eigenvalue weighted by Gasteiger charge is 2.27. The number of unbranched alkanes of at least 4 members (excludes halogenated alkanes) is 2. The molecule has 0 saturated carbocycles. The third-order valence-corrected chi connectivity index (χ3v) is 12.0. The number of aryl methyl sites for hydroxylation is 1. The van der Waals surface area contributed by atoms with E-state index in [0.717, 1.165) is 53.6 Å². The van der Waals surface area contributed by atoms with Gasteiger partial charge in [-0.2, -0.15) is 18.1 Å². The summed E-state index contributed by atoms with van der Waals surface area (Å²) >= 11 is 0. The molecule has 10 heteroatoms. The molecule has 0 aliphatic carbocycles. The van der Waals surface area contributed by atoms with Gasteiger partial charge in [-0.25, -0.2) is 4.83 Å². The van der Waals surface area contributed by atoms with Gasteiger partial charge in [0.05, 0.1) is 11.1 Å². The van der Waals surface area contributed by atoms with Crippen LogP contribution in [0.2, 0.25) is 0 Å². The Bertz CT molecular complexity index is 2220. The molecule has 0 aliphatic rings. The second-order valence-corrected chi connectivity index (χ2v) is 18.2. The number of fused-ring (bicyclic) bond motifs is 2. The minimum atomic E-state index is -3.89. The number of hydrazone groups is 1. The van der Waals surface area contributed by atoms with Crippen LogP contribution in [0.3, 0.4) is 0 Å². The average molecular weight is 792 g/mol. The normalized spacial score (nSPS) is 12.1. The minimum Gasteiger partial charge on any atom is -0.377 e. The number of nitrogens with one attached hydrogen (secondary N) is 2. The smallest absolute Gasteiger partial charge is 0.277 e. The van der Waals surface area contributed by atoms with Crippen LogP contribution in [0, 0.1) is 0 Å². The van der Waals surface area contributed by atoms with Gasteiger partial charge in [-0.1, -0.05) is 77.9 Å². The van der Waals surface area contributed by atoms with E-state index in [4.69, 9.17) is 0 Å². The summed E-state index contributed by atoms with van der Waals surface area (Å²) in [5, 5.41) is 9.67. The van der Waals surface area contributed by atoms with Crippen molar-refractivity contribution < 1.29 is 17.8 Å². The highest BCUT2D eigenvalue weighted by Crippen LogP contribution is 2.35. The molecular formula is C47H63N6O3S+. The number of nitrogens with zero attached hydrogens (tertiary/aromatic N) is 4. The Morgan fingerprint density at radius 1 is 0.719 bits per heavy atom. The van der Waals surface area contributed by atoms with Gasteiger partial charge in [0.1, 0.15) is 6.54 Å². The summed E-state index contributed by atoms with van der Waals surface area (Å²) in [5.74, 6) is 0.438. The number of sulfonamides is 1. The van der Waals surface area contributed by atoms with Crippen molar-refractivity contribution in [3.63, 3.8) is 0 Å². The van der Waals surface area contributed by atoms with Gasteiger partial charge in [0.25, 0.3) is 10.0 Å². The van der Waals surface area contributed by atoms with Gasteiger partial charge in [-0.15, -0.1) is 0 Å². The zero-order valence-electron chi connectivity index (χ0n) is 35.7. The third-order valence-electron chi connectivity index (χ3n) is 10.7. The van der Waals surface area contributed by atoms with Gasteiger partial charge >= 0.3 is 0 Å². The molecule has 0 saturated heterocycles. The molecule has 4 aromatic carbocycles. The molecule has 1 amide bonds. The first-order chi connectivity index (χ1) is 27.0. The standard InChI is InChI=1S/C47H62N6O3S/c1-32(2)39-27-42(33(3)4)47(43(28-39)34(5)6)57(55,56)50-49-31-36-17-15-35(16-18-36)23-24-48-46(54)14-12-11-13-25-53-44-29-40(51(7)8)21-19-37(44)26-38-20-22-41(52(9)10)30-45(38)53/h15-22,26-34,50H,11-14,23-25H2,1-10H3/p+1. The molecule has 304 valence electrons. The number of hydrogen-bond donors (Lipinski definition) is 2. The SMILES string of the molecule is CC(C)c1cc(C(C)C)c(S(=O)(=O)NN=Cc2ccc(CCNC(=O)CCCCC[n+]3c4cc(N(C)C)ccc4cc4ccc(N(C)C)cc43)cc2)c(C(C)C)c1. The number of carbonyl (C=O) groups excluding carboxylic acids is 1. The highest BCUT2D eigenvalue weighted by molar-refractivity contribution is 7.89. The van der Waals surface area contributed by atoms with E-state index in [1.54, 1.807) is 0 Å². The number of aromatic nitrogens is 1. The molecule has 0 radical (unpaired) electrons. The van der Waals surface area contributed by atoms with Crippen molar-refractivity contribution in [2.75, 3.05) is 44.5 Å². The van der Waals surface area contributed by atoms with E-state index in [-0.39, 0.29) is 17.7 Å². The molecule has 2 N–H and O–H groups in total. The maximum atomic E-state index is 13.6. The molecule has 0 unspecified atom stereocenters. The van der Waals surface area contributed by atoms with Crippen molar-refractivity contribution in [1.82, 2.24) is 10.1 Å². The predicted octanol–water partition coefficient (Wildman–Crippen LogP) is 9.01. The number of anilines is 2. The predicted molar refractivity (Wildman–Crippen MR) is 239 cm³/mol. The number of pyridine rings is 1. The molecule has 0 spiro atoms. The number of rotatable bonds is 18.